The molecule has 0 unspecified atom stereocenters. The Bertz CT molecular complexity index is 450. The molecule has 0 aliphatic rings. The largest absolute Gasteiger partial charge is 0.364 e. The molecule has 0 aliphatic carbocycles. The van der Waals surface area contributed by atoms with Gasteiger partial charge in [-0.3, -0.25) is 0 Å². The van der Waals surface area contributed by atoms with E-state index in [0.717, 1.165) is 29.8 Å². The van der Waals surface area contributed by atoms with E-state index in [-0.39, 0.29) is 5.82 Å². The molecular weight excluding hydrogens is 207 g/mol. The maximum Gasteiger partial charge on any atom is 0.131 e. The molecule has 0 saturated carbocycles. The van der Waals surface area contributed by atoms with Crippen LogP contribution < -0.4 is 5.32 Å². The summed E-state index contributed by atoms with van der Waals surface area (Å²) in [6.45, 7) is 0.834. The van der Waals surface area contributed by atoms with E-state index in [0.29, 0.717) is 0 Å². The zero-order valence-corrected chi connectivity index (χ0v) is 9.03. The van der Waals surface area contributed by atoms with Crippen LogP contribution in [0.5, 0.6) is 0 Å². The van der Waals surface area contributed by atoms with Gasteiger partial charge in [0.2, 0.25) is 0 Å². The monoisotopic (exact) mass is 220 g/mol. The Hall–Kier alpha value is -1.68. The van der Waals surface area contributed by atoms with Gasteiger partial charge in [0.25, 0.3) is 0 Å². The quantitative estimate of drug-likeness (QED) is 0.858. The van der Waals surface area contributed by atoms with Crippen molar-refractivity contribution in [3.63, 3.8) is 0 Å². The second kappa shape index (κ2) is 4.90. The van der Waals surface area contributed by atoms with E-state index in [1.165, 1.54) is 12.1 Å². The second-order valence-corrected chi connectivity index (χ2v) is 3.54. The first-order valence-corrected chi connectivity index (χ1v) is 5.15. The van der Waals surface area contributed by atoms with Gasteiger partial charge in [-0.15, -0.1) is 0 Å². The van der Waals surface area contributed by atoms with Gasteiger partial charge < -0.3 is 9.84 Å². The highest BCUT2D eigenvalue weighted by Crippen LogP contribution is 2.23. The van der Waals surface area contributed by atoms with E-state index in [4.69, 9.17) is 4.52 Å². The second-order valence-electron chi connectivity index (χ2n) is 3.54. The first kappa shape index (κ1) is 10.8. The van der Waals surface area contributed by atoms with E-state index in [9.17, 15) is 4.39 Å². The molecule has 2 rings (SSSR count). The summed E-state index contributed by atoms with van der Waals surface area (Å²) in [5, 5.41) is 7.00. The third-order valence-electron chi connectivity index (χ3n) is 2.41. The molecule has 0 amide bonds. The molecule has 1 aromatic heterocycles. The van der Waals surface area contributed by atoms with Gasteiger partial charge in [0, 0.05) is 18.5 Å². The standard InChI is InChI=1S/C12H13FN2O/c1-14-7-6-12-11(8-16-15-12)9-2-4-10(13)5-3-9/h2-5,8,14H,6-7H2,1H3. The first-order valence-electron chi connectivity index (χ1n) is 5.15. The molecule has 2 aromatic rings. The molecule has 0 radical (unpaired) electrons. The van der Waals surface area contributed by atoms with Crippen molar-refractivity contribution in [2.24, 2.45) is 0 Å². The third-order valence-corrected chi connectivity index (χ3v) is 2.41. The van der Waals surface area contributed by atoms with Crippen LogP contribution in [0, 0.1) is 5.82 Å². The van der Waals surface area contributed by atoms with Crippen molar-refractivity contribution in [3.8, 4) is 11.1 Å². The zero-order valence-electron chi connectivity index (χ0n) is 9.03. The van der Waals surface area contributed by atoms with Crippen molar-refractivity contribution in [1.29, 1.82) is 0 Å². The molecule has 84 valence electrons. The van der Waals surface area contributed by atoms with Crippen LogP contribution in [0.25, 0.3) is 11.1 Å². The summed E-state index contributed by atoms with van der Waals surface area (Å²) in [5.74, 6) is -0.239. The van der Waals surface area contributed by atoms with Crippen LogP contribution in [0.3, 0.4) is 0 Å². The Morgan fingerprint density at radius 3 is 2.75 bits per heavy atom. The summed E-state index contributed by atoms with van der Waals surface area (Å²) in [5.41, 5.74) is 2.74. The molecule has 0 aliphatic heterocycles. The minimum Gasteiger partial charge on any atom is -0.364 e. The van der Waals surface area contributed by atoms with Crippen LogP contribution >= 0.6 is 0 Å². The Labute approximate surface area is 93.3 Å². The molecule has 1 N–H and O–H groups in total. The Morgan fingerprint density at radius 1 is 1.31 bits per heavy atom. The van der Waals surface area contributed by atoms with Gasteiger partial charge in [0.15, 0.2) is 0 Å². The summed E-state index contributed by atoms with van der Waals surface area (Å²) in [7, 11) is 1.89. The molecule has 3 nitrogen and oxygen atoms in total. The van der Waals surface area contributed by atoms with E-state index in [2.05, 4.69) is 10.5 Å². The Morgan fingerprint density at radius 2 is 2.06 bits per heavy atom. The van der Waals surface area contributed by atoms with Crippen molar-refractivity contribution in [2.75, 3.05) is 13.6 Å². The molecule has 0 bridgehead atoms. The van der Waals surface area contributed by atoms with E-state index in [1.54, 1.807) is 18.4 Å². The van der Waals surface area contributed by atoms with Gasteiger partial charge in [-0.1, -0.05) is 17.3 Å². The Kier molecular flexibility index (Phi) is 3.31. The third kappa shape index (κ3) is 2.28. The van der Waals surface area contributed by atoms with Crippen molar-refractivity contribution >= 4 is 0 Å². The summed E-state index contributed by atoms with van der Waals surface area (Å²) in [4.78, 5) is 0. The molecular formula is C12H13FN2O. The van der Waals surface area contributed by atoms with Gasteiger partial charge >= 0.3 is 0 Å². The van der Waals surface area contributed by atoms with Crippen LogP contribution in [-0.2, 0) is 6.42 Å². The summed E-state index contributed by atoms with van der Waals surface area (Å²) in [6, 6.07) is 6.32. The van der Waals surface area contributed by atoms with Gasteiger partial charge in [0.1, 0.15) is 12.1 Å². The number of aromatic nitrogens is 1. The normalized spacial score (nSPS) is 10.6. The predicted molar refractivity (Wildman–Crippen MR) is 59.5 cm³/mol. The van der Waals surface area contributed by atoms with Crippen molar-refractivity contribution in [2.45, 2.75) is 6.42 Å². The highest BCUT2D eigenvalue weighted by molar-refractivity contribution is 5.64. The lowest BCUT2D eigenvalue weighted by Gasteiger charge is -2.00. The number of hydrogen-bond acceptors (Lipinski definition) is 3. The molecule has 1 aromatic carbocycles. The predicted octanol–water partition coefficient (Wildman–Crippen LogP) is 2.24. The van der Waals surface area contributed by atoms with Gasteiger partial charge in [-0.2, -0.15) is 0 Å². The zero-order chi connectivity index (χ0) is 11.4. The lowest BCUT2D eigenvalue weighted by Crippen LogP contribution is -2.10. The fourth-order valence-corrected chi connectivity index (χ4v) is 1.55. The van der Waals surface area contributed by atoms with Crippen molar-refractivity contribution in [3.05, 3.63) is 42.0 Å². The number of hydrogen-bond donors (Lipinski definition) is 1. The van der Waals surface area contributed by atoms with Crippen LogP contribution in [-0.4, -0.2) is 18.7 Å². The first-order chi connectivity index (χ1) is 7.81. The van der Waals surface area contributed by atoms with Crippen LogP contribution in [0.4, 0.5) is 4.39 Å². The number of nitrogens with zero attached hydrogens (tertiary/aromatic N) is 1. The number of halogens is 1. The number of benzene rings is 1. The molecule has 0 atom stereocenters. The molecule has 16 heavy (non-hydrogen) atoms. The maximum atomic E-state index is 12.8. The molecule has 0 saturated heterocycles. The summed E-state index contributed by atoms with van der Waals surface area (Å²) in [6.07, 6.45) is 2.39. The van der Waals surface area contributed by atoms with Gasteiger partial charge in [-0.05, 0) is 24.7 Å². The van der Waals surface area contributed by atoms with E-state index >= 15 is 0 Å². The number of likely N-dealkylation sites (N-methyl/N-ethyl adjacent to an activating group) is 1. The van der Waals surface area contributed by atoms with Gasteiger partial charge in [0.05, 0.1) is 5.69 Å². The lowest BCUT2D eigenvalue weighted by atomic mass is 10.1. The Balaban J connectivity index is 2.26. The number of rotatable bonds is 4. The van der Waals surface area contributed by atoms with Crippen molar-refractivity contribution in [1.82, 2.24) is 10.5 Å². The van der Waals surface area contributed by atoms with Gasteiger partial charge in [-0.25, -0.2) is 4.39 Å². The molecule has 4 heteroatoms. The van der Waals surface area contributed by atoms with Crippen LogP contribution in [0.2, 0.25) is 0 Å². The SMILES string of the molecule is CNCCc1nocc1-c1ccc(F)cc1. The highest BCUT2D eigenvalue weighted by Gasteiger charge is 2.09. The molecule has 0 fully saturated rings. The minimum absolute atomic E-state index is 0.239. The van der Waals surface area contributed by atoms with Crippen molar-refractivity contribution < 1.29 is 8.91 Å². The molecule has 0 spiro atoms. The number of nitrogens with one attached hydrogen (secondary N) is 1. The van der Waals surface area contributed by atoms with E-state index in [1.807, 2.05) is 7.05 Å². The van der Waals surface area contributed by atoms with Crippen LogP contribution in [0.15, 0.2) is 35.1 Å². The topological polar surface area (TPSA) is 38.1 Å². The average Bonchev–Trinajstić information content (AvgIpc) is 2.75. The average molecular weight is 220 g/mol. The fourth-order valence-electron chi connectivity index (χ4n) is 1.55. The van der Waals surface area contributed by atoms with Crippen LogP contribution in [0.1, 0.15) is 5.69 Å². The minimum atomic E-state index is -0.239. The fraction of sp³-hybridized carbons (Fsp3) is 0.250. The summed E-state index contributed by atoms with van der Waals surface area (Å²) < 4.78 is 17.7. The smallest absolute Gasteiger partial charge is 0.131 e. The van der Waals surface area contributed by atoms with E-state index < -0.39 is 0 Å². The maximum absolute atomic E-state index is 12.8. The lowest BCUT2D eigenvalue weighted by molar-refractivity contribution is 0.411. The summed E-state index contributed by atoms with van der Waals surface area (Å²) >= 11 is 0. The molecule has 1 heterocycles. The highest BCUT2D eigenvalue weighted by atomic mass is 19.1.